The molecule has 0 unspecified atom stereocenters. The van der Waals surface area contributed by atoms with Gasteiger partial charge in [0, 0.05) is 48.5 Å². The number of likely N-dealkylation sites (tertiary alicyclic amines) is 1. The third-order valence-electron chi connectivity index (χ3n) is 4.97. The van der Waals surface area contributed by atoms with Gasteiger partial charge in [0.15, 0.2) is 0 Å². The van der Waals surface area contributed by atoms with E-state index in [0.717, 1.165) is 43.3 Å². The van der Waals surface area contributed by atoms with Crippen LogP contribution in [0.4, 0.5) is 11.6 Å². The smallest absolute Gasteiger partial charge is 0.150 e. The van der Waals surface area contributed by atoms with E-state index in [1.807, 2.05) is 12.3 Å². The average Bonchev–Trinajstić information content (AvgIpc) is 3.08. The van der Waals surface area contributed by atoms with E-state index in [2.05, 4.69) is 47.3 Å². The van der Waals surface area contributed by atoms with E-state index in [-0.39, 0.29) is 0 Å². The van der Waals surface area contributed by atoms with Crippen LogP contribution in [-0.2, 0) is 13.0 Å². The molecule has 27 heavy (non-hydrogen) atoms. The van der Waals surface area contributed by atoms with E-state index >= 15 is 0 Å². The van der Waals surface area contributed by atoms with Gasteiger partial charge in [-0.1, -0.05) is 0 Å². The molecule has 0 aliphatic carbocycles. The maximum Gasteiger partial charge on any atom is 0.150 e. The summed E-state index contributed by atoms with van der Waals surface area (Å²) in [7, 11) is 0. The third-order valence-corrected chi connectivity index (χ3v) is 4.97. The number of rotatable bonds is 6. The lowest BCUT2D eigenvalue weighted by Crippen LogP contribution is -2.35. The van der Waals surface area contributed by atoms with Gasteiger partial charge in [-0.05, 0) is 38.6 Å². The highest BCUT2D eigenvalue weighted by atomic mass is 15.2. The molecule has 1 saturated heterocycles. The Kier molecular flexibility index (Phi) is 5.34. The van der Waals surface area contributed by atoms with Gasteiger partial charge in [0.2, 0.25) is 0 Å². The molecule has 0 radical (unpaired) electrons. The van der Waals surface area contributed by atoms with Crippen molar-refractivity contribution >= 4 is 11.6 Å². The largest absolute Gasteiger partial charge is 0.324 e. The van der Waals surface area contributed by atoms with E-state index in [9.17, 15) is 0 Å². The van der Waals surface area contributed by atoms with Gasteiger partial charge < -0.3 is 5.32 Å². The zero-order valence-corrected chi connectivity index (χ0v) is 15.5. The number of aryl methyl sites for hydroxylation is 1. The summed E-state index contributed by atoms with van der Waals surface area (Å²) in [5, 5.41) is 10.3. The van der Waals surface area contributed by atoms with Crippen LogP contribution < -0.4 is 5.32 Å². The highest BCUT2D eigenvalue weighted by Crippen LogP contribution is 2.23. The molecule has 4 heterocycles. The minimum Gasteiger partial charge on any atom is -0.324 e. The first-order chi connectivity index (χ1) is 13.3. The van der Waals surface area contributed by atoms with E-state index in [4.69, 9.17) is 0 Å². The number of piperidine rings is 1. The summed E-state index contributed by atoms with van der Waals surface area (Å²) in [6.07, 6.45) is 11.9. The normalized spacial score (nSPS) is 17.7. The minimum atomic E-state index is 0.602. The van der Waals surface area contributed by atoms with Crippen molar-refractivity contribution in [1.29, 1.82) is 0 Å². The van der Waals surface area contributed by atoms with Crippen LogP contribution in [0.5, 0.6) is 0 Å². The van der Waals surface area contributed by atoms with Crippen molar-refractivity contribution in [2.75, 3.05) is 18.4 Å². The van der Waals surface area contributed by atoms with E-state index in [0.29, 0.717) is 11.7 Å². The fraction of sp³-hybridized carbons (Fsp3) is 0.421. The van der Waals surface area contributed by atoms with Crippen LogP contribution in [0.15, 0.2) is 37.2 Å². The second kappa shape index (κ2) is 8.22. The number of aromatic amines is 1. The summed E-state index contributed by atoms with van der Waals surface area (Å²) >= 11 is 0. The Bertz CT molecular complexity index is 863. The number of aromatic nitrogens is 6. The lowest BCUT2D eigenvalue weighted by Gasteiger charge is -2.32. The Balaban J connectivity index is 1.37. The number of nitrogens with one attached hydrogen (secondary N) is 2. The molecule has 3 aromatic heterocycles. The van der Waals surface area contributed by atoms with Gasteiger partial charge in [0.05, 0.1) is 12.4 Å². The molecule has 4 rings (SSSR count). The van der Waals surface area contributed by atoms with E-state index in [1.165, 1.54) is 18.4 Å². The Hall–Kier alpha value is -2.87. The predicted octanol–water partition coefficient (Wildman–Crippen LogP) is 2.50. The van der Waals surface area contributed by atoms with Gasteiger partial charge in [-0.25, -0.2) is 15.0 Å². The molecule has 140 valence electrons. The van der Waals surface area contributed by atoms with E-state index in [1.54, 1.807) is 24.9 Å². The fourth-order valence-electron chi connectivity index (χ4n) is 3.61. The van der Waals surface area contributed by atoms with Crippen LogP contribution >= 0.6 is 0 Å². The number of nitrogens with zero attached hydrogens (tertiary/aromatic N) is 6. The number of anilines is 2. The monoisotopic (exact) mass is 364 g/mol. The molecule has 0 spiro atoms. The Morgan fingerprint density at radius 1 is 1.19 bits per heavy atom. The van der Waals surface area contributed by atoms with Gasteiger partial charge in [-0.15, -0.1) is 0 Å². The summed E-state index contributed by atoms with van der Waals surface area (Å²) < 4.78 is 0. The first kappa shape index (κ1) is 17.5. The first-order valence-electron chi connectivity index (χ1n) is 9.31. The van der Waals surface area contributed by atoms with Crippen molar-refractivity contribution in [2.45, 2.75) is 32.7 Å². The summed E-state index contributed by atoms with van der Waals surface area (Å²) in [6.45, 7) is 5.27. The molecular formula is C19H24N8. The highest BCUT2D eigenvalue weighted by molar-refractivity contribution is 5.49. The molecule has 2 N–H and O–H groups in total. The van der Waals surface area contributed by atoms with Crippen molar-refractivity contribution in [1.82, 2.24) is 35.0 Å². The van der Waals surface area contributed by atoms with Crippen LogP contribution in [0.1, 0.15) is 29.8 Å². The van der Waals surface area contributed by atoms with E-state index < -0.39 is 0 Å². The number of hydrogen-bond acceptors (Lipinski definition) is 7. The SMILES string of the molecule is Cc1[nH]ncc1CN1CCC[C@@H](Cc2cc(Nc3cnccn3)ncn2)C1. The Labute approximate surface area is 158 Å². The van der Waals surface area contributed by atoms with Crippen molar-refractivity contribution in [3.8, 4) is 0 Å². The average molecular weight is 364 g/mol. The van der Waals surface area contributed by atoms with Gasteiger partial charge in [0.1, 0.15) is 18.0 Å². The topological polar surface area (TPSA) is 95.5 Å². The first-order valence-corrected chi connectivity index (χ1v) is 9.31. The van der Waals surface area contributed by atoms with Crippen LogP contribution in [0.3, 0.4) is 0 Å². The molecular weight excluding hydrogens is 340 g/mol. The molecule has 0 bridgehead atoms. The summed E-state index contributed by atoms with van der Waals surface area (Å²) in [4.78, 5) is 19.6. The van der Waals surface area contributed by atoms with Gasteiger partial charge in [-0.3, -0.25) is 15.0 Å². The Morgan fingerprint density at radius 2 is 2.15 bits per heavy atom. The van der Waals surface area contributed by atoms with Crippen molar-refractivity contribution in [2.24, 2.45) is 5.92 Å². The number of hydrogen-bond donors (Lipinski definition) is 2. The van der Waals surface area contributed by atoms with Crippen LogP contribution in [-0.4, -0.2) is 48.1 Å². The molecule has 1 fully saturated rings. The molecule has 1 aliphatic heterocycles. The molecule has 8 nitrogen and oxygen atoms in total. The summed E-state index contributed by atoms with van der Waals surface area (Å²) in [5.41, 5.74) is 3.50. The Morgan fingerprint density at radius 3 is 2.96 bits per heavy atom. The van der Waals surface area contributed by atoms with Crippen LogP contribution in [0.2, 0.25) is 0 Å². The maximum absolute atomic E-state index is 4.47. The fourth-order valence-corrected chi connectivity index (χ4v) is 3.61. The number of H-pyrrole nitrogens is 1. The molecule has 0 aromatic carbocycles. The zero-order chi connectivity index (χ0) is 18.5. The highest BCUT2D eigenvalue weighted by Gasteiger charge is 2.21. The molecule has 8 heteroatoms. The summed E-state index contributed by atoms with van der Waals surface area (Å²) in [6, 6.07) is 2.01. The second-order valence-corrected chi connectivity index (χ2v) is 7.08. The maximum atomic E-state index is 4.47. The van der Waals surface area contributed by atoms with Crippen molar-refractivity contribution in [3.05, 3.63) is 54.1 Å². The second-order valence-electron chi connectivity index (χ2n) is 7.08. The van der Waals surface area contributed by atoms with Gasteiger partial charge in [0.25, 0.3) is 0 Å². The van der Waals surface area contributed by atoms with Gasteiger partial charge >= 0.3 is 0 Å². The molecule has 3 aromatic rings. The van der Waals surface area contributed by atoms with Crippen molar-refractivity contribution < 1.29 is 0 Å². The molecule has 1 atom stereocenters. The lowest BCUT2D eigenvalue weighted by molar-refractivity contribution is 0.166. The van der Waals surface area contributed by atoms with Crippen molar-refractivity contribution in [3.63, 3.8) is 0 Å². The molecule has 1 aliphatic rings. The molecule has 0 saturated carbocycles. The predicted molar refractivity (Wildman–Crippen MR) is 102 cm³/mol. The summed E-state index contributed by atoms with van der Waals surface area (Å²) in [5.74, 6) is 2.04. The van der Waals surface area contributed by atoms with Crippen LogP contribution in [0.25, 0.3) is 0 Å². The lowest BCUT2D eigenvalue weighted by atomic mass is 9.93. The standard InChI is InChI=1S/C19H24N8/c1-14-16(9-24-26-14)12-27-6-2-3-15(11-27)7-17-8-18(23-13-22-17)25-19-10-20-4-5-21-19/h4-5,8-10,13,15H,2-3,6-7,11-12H2,1H3,(H,24,26)(H,21,22,23,25)/t15-/m0/s1. The third kappa shape index (κ3) is 4.65. The van der Waals surface area contributed by atoms with Gasteiger partial charge in [-0.2, -0.15) is 5.10 Å². The minimum absolute atomic E-state index is 0.602. The quantitative estimate of drug-likeness (QED) is 0.694. The van der Waals surface area contributed by atoms with Crippen LogP contribution in [0, 0.1) is 12.8 Å². The molecule has 0 amide bonds. The zero-order valence-electron chi connectivity index (χ0n) is 15.5.